The fraction of sp³-hybridized carbons (Fsp3) is 0.500. The van der Waals surface area contributed by atoms with Gasteiger partial charge >= 0.3 is 5.97 Å². The minimum Gasteiger partial charge on any atom is -1.00 e. The number of carbonyl (C=O) groups is 1. The molecule has 0 spiro atoms. The van der Waals surface area contributed by atoms with Crippen LogP contribution in [0.4, 0.5) is 0 Å². The van der Waals surface area contributed by atoms with Crippen LogP contribution in [0.2, 0.25) is 0 Å². The summed E-state index contributed by atoms with van der Waals surface area (Å²) in [6.45, 7) is 2.11. The third-order valence-electron chi connectivity index (χ3n) is 3.71. The summed E-state index contributed by atoms with van der Waals surface area (Å²) in [5, 5.41) is 13.4. The lowest BCUT2D eigenvalue weighted by molar-refractivity contribution is -0.750. The van der Waals surface area contributed by atoms with Gasteiger partial charge in [-0.05, 0) is 0 Å². The van der Waals surface area contributed by atoms with Crippen molar-refractivity contribution < 1.29 is 45.3 Å². The smallest absolute Gasteiger partial charge is 0.303 e. The summed E-state index contributed by atoms with van der Waals surface area (Å²) in [6.07, 6.45) is 2.25. The normalized spacial score (nSPS) is 20.8. The first kappa shape index (κ1) is 19.2. The van der Waals surface area contributed by atoms with Crippen LogP contribution in [0.3, 0.4) is 0 Å². The summed E-state index contributed by atoms with van der Waals surface area (Å²) in [5.41, 5.74) is 1.33. The second-order valence-electron chi connectivity index (χ2n) is 5.00. The second kappa shape index (κ2) is 10.00. The Labute approximate surface area is 132 Å². The number of quaternary nitrogens is 2. The highest BCUT2D eigenvalue weighted by molar-refractivity contribution is 5.66. The van der Waals surface area contributed by atoms with Gasteiger partial charge in [0, 0.05) is 12.0 Å². The highest BCUT2D eigenvalue weighted by Gasteiger charge is 2.33. The average molecular weight is 321 g/mol. The van der Waals surface area contributed by atoms with E-state index in [1.165, 1.54) is 12.0 Å². The Balaban J connectivity index is 0.00000180. The van der Waals surface area contributed by atoms with Crippen LogP contribution in [0.5, 0.6) is 0 Å². The number of rotatable bonds is 6. The summed E-state index contributed by atoms with van der Waals surface area (Å²) in [7, 11) is 0. The molecule has 1 aliphatic rings. The summed E-state index contributed by atoms with van der Waals surface area (Å²) in [5.74, 6) is -0.683. The Bertz CT molecular complexity index is 390. The highest BCUT2D eigenvalue weighted by Crippen LogP contribution is 2.04. The minimum atomic E-state index is -0.683. The molecule has 6 heteroatoms. The van der Waals surface area contributed by atoms with E-state index in [9.17, 15) is 4.79 Å². The largest absolute Gasteiger partial charge is 1.00 e. The van der Waals surface area contributed by atoms with Crippen LogP contribution in [-0.2, 0) is 11.3 Å². The Morgan fingerprint density at radius 3 is 2.65 bits per heavy atom. The molecule has 1 aliphatic heterocycles. The van der Waals surface area contributed by atoms with E-state index >= 15 is 0 Å². The number of hydrogen-bond donors (Lipinski definition) is 3. The summed E-state index contributed by atoms with van der Waals surface area (Å²) in [4.78, 5) is 10.6. The van der Waals surface area contributed by atoms with Gasteiger partial charge in [-0.25, -0.2) is 0 Å². The monoisotopic (exact) mass is 320 g/mol. The fourth-order valence-corrected chi connectivity index (χ4v) is 2.71. The summed E-state index contributed by atoms with van der Waals surface area (Å²) >= 11 is 0. The molecule has 0 radical (unpaired) electrons. The third-order valence-corrected chi connectivity index (χ3v) is 3.71. The van der Waals surface area contributed by atoms with E-state index in [0.29, 0.717) is 12.1 Å². The number of nitrogens with two attached hydrogens (primary N) is 2. The van der Waals surface area contributed by atoms with Gasteiger partial charge in [0.1, 0.15) is 18.6 Å². The molecule has 1 aromatic carbocycles. The molecule has 20 heavy (non-hydrogen) atoms. The van der Waals surface area contributed by atoms with Crippen LogP contribution < -0.4 is 35.4 Å². The van der Waals surface area contributed by atoms with Gasteiger partial charge in [0.2, 0.25) is 0 Å². The van der Waals surface area contributed by atoms with Crippen LogP contribution in [0.1, 0.15) is 24.8 Å². The molecule has 0 amide bonds. The number of benzene rings is 1. The predicted octanol–water partition coefficient (Wildman–Crippen LogP) is -6.67. The average Bonchev–Trinajstić information content (AvgIpc) is 2.82. The topological polar surface area (TPSA) is 70.5 Å². The molecule has 0 unspecified atom stereocenters. The molecule has 1 fully saturated rings. The number of carboxylic acids is 1. The molecule has 2 atom stereocenters. The molecule has 2 rings (SSSR count). The van der Waals surface area contributed by atoms with Crippen LogP contribution in [0.25, 0.3) is 0 Å². The summed E-state index contributed by atoms with van der Waals surface area (Å²) < 4.78 is 0. The molecule has 1 saturated heterocycles. The number of halogens is 2. The van der Waals surface area contributed by atoms with E-state index in [0.717, 1.165) is 19.5 Å². The van der Waals surface area contributed by atoms with Crippen molar-refractivity contribution in [2.45, 2.75) is 37.9 Å². The first-order valence-electron chi connectivity index (χ1n) is 6.68. The van der Waals surface area contributed by atoms with Crippen LogP contribution in [0, 0.1) is 0 Å². The van der Waals surface area contributed by atoms with Crippen molar-refractivity contribution in [3.8, 4) is 0 Å². The van der Waals surface area contributed by atoms with Crippen molar-refractivity contribution in [1.82, 2.24) is 0 Å². The molecule has 0 saturated carbocycles. The van der Waals surface area contributed by atoms with Gasteiger partial charge in [0.05, 0.1) is 19.4 Å². The predicted molar refractivity (Wildman–Crippen MR) is 67.9 cm³/mol. The van der Waals surface area contributed by atoms with Crippen molar-refractivity contribution in [3.05, 3.63) is 35.9 Å². The molecular weight excluding hydrogens is 299 g/mol. The van der Waals surface area contributed by atoms with Gasteiger partial charge in [-0.15, -0.1) is 0 Å². The van der Waals surface area contributed by atoms with Gasteiger partial charge < -0.3 is 40.6 Å². The van der Waals surface area contributed by atoms with Gasteiger partial charge in [-0.3, -0.25) is 4.79 Å². The lowest BCUT2D eigenvalue weighted by Gasteiger charge is -2.14. The van der Waals surface area contributed by atoms with Crippen molar-refractivity contribution in [2.24, 2.45) is 0 Å². The first-order chi connectivity index (χ1) is 8.75. The quantitative estimate of drug-likeness (QED) is 0.488. The minimum absolute atomic E-state index is 0. The maximum atomic E-state index is 10.6. The zero-order chi connectivity index (χ0) is 12.8. The number of aliphatic carboxylic acids is 1. The molecule has 114 valence electrons. The molecule has 0 aromatic heterocycles. The maximum Gasteiger partial charge on any atom is 0.303 e. The van der Waals surface area contributed by atoms with E-state index < -0.39 is 5.97 Å². The molecule has 0 bridgehead atoms. The van der Waals surface area contributed by atoms with Crippen LogP contribution in [-0.4, -0.2) is 29.7 Å². The van der Waals surface area contributed by atoms with Crippen molar-refractivity contribution >= 4 is 5.97 Å². The molecule has 1 heterocycles. The Kier molecular flexibility index (Phi) is 9.59. The molecule has 1 aromatic rings. The zero-order valence-corrected chi connectivity index (χ0v) is 12.9. The number of carboxylic acid groups (broad SMARTS) is 1. The van der Waals surface area contributed by atoms with Crippen LogP contribution >= 0.6 is 0 Å². The first-order valence-corrected chi connectivity index (χ1v) is 6.68. The van der Waals surface area contributed by atoms with Gasteiger partial charge in [-0.2, -0.15) is 0 Å². The molecular formula is C14H22Cl2N2O2. The van der Waals surface area contributed by atoms with E-state index in [-0.39, 0.29) is 31.2 Å². The van der Waals surface area contributed by atoms with E-state index in [1.54, 1.807) is 0 Å². The standard InChI is InChI=1S/C14H20N2O2.2ClH/c17-14(18)7-6-12-13(8-9-15-12)16-10-11-4-2-1-3-5-11;;/h1-5,12-13,15-16H,6-10H2,(H,17,18);2*1H/t12-,13+;;/m1../s1. The lowest BCUT2D eigenvalue weighted by Crippen LogP contribution is -3.00. The highest BCUT2D eigenvalue weighted by atomic mass is 35.5. The molecule has 0 aliphatic carbocycles. The second-order valence-corrected chi connectivity index (χ2v) is 5.00. The van der Waals surface area contributed by atoms with Crippen LogP contribution in [0.15, 0.2) is 30.3 Å². The van der Waals surface area contributed by atoms with Crippen molar-refractivity contribution in [1.29, 1.82) is 0 Å². The third kappa shape index (κ3) is 6.09. The fourth-order valence-electron chi connectivity index (χ4n) is 2.71. The van der Waals surface area contributed by atoms with E-state index in [2.05, 4.69) is 34.9 Å². The van der Waals surface area contributed by atoms with Gasteiger partial charge in [0.15, 0.2) is 0 Å². The Morgan fingerprint density at radius 1 is 1.30 bits per heavy atom. The Hall–Kier alpha value is -0.810. The zero-order valence-electron chi connectivity index (χ0n) is 11.3. The lowest BCUT2D eigenvalue weighted by atomic mass is 10.0. The molecule has 4 nitrogen and oxygen atoms in total. The summed E-state index contributed by atoms with van der Waals surface area (Å²) in [6, 6.07) is 11.5. The Morgan fingerprint density at radius 2 is 2.00 bits per heavy atom. The van der Waals surface area contributed by atoms with E-state index in [4.69, 9.17) is 5.11 Å². The van der Waals surface area contributed by atoms with Gasteiger partial charge in [-0.1, -0.05) is 30.3 Å². The molecule has 5 N–H and O–H groups in total. The maximum absolute atomic E-state index is 10.6. The van der Waals surface area contributed by atoms with Gasteiger partial charge in [0.25, 0.3) is 0 Å². The van der Waals surface area contributed by atoms with E-state index in [1.807, 2.05) is 6.07 Å². The number of hydrogen-bond acceptors (Lipinski definition) is 1. The van der Waals surface area contributed by atoms with Crippen molar-refractivity contribution in [2.75, 3.05) is 6.54 Å². The van der Waals surface area contributed by atoms with Crippen molar-refractivity contribution in [3.63, 3.8) is 0 Å². The SMILES string of the molecule is O=C(O)CC[C@H]1[NH2+]CC[C@@H]1[NH2+]Cc1ccccc1.[Cl-].[Cl-].